The van der Waals surface area contributed by atoms with Gasteiger partial charge in [0.15, 0.2) is 5.82 Å². The van der Waals surface area contributed by atoms with Crippen LogP contribution in [0.2, 0.25) is 0 Å². The molecule has 3 aromatic rings. The molecular weight excluding hydrogens is 314 g/mol. The number of hydrogen-bond donors (Lipinski definition) is 2. The zero-order chi connectivity index (χ0) is 17.2. The molecule has 6 nitrogen and oxygen atoms in total. The Morgan fingerprint density at radius 3 is 2.68 bits per heavy atom. The molecule has 0 saturated carbocycles. The van der Waals surface area contributed by atoms with Crippen molar-refractivity contribution in [1.29, 1.82) is 0 Å². The number of anilines is 2. The summed E-state index contributed by atoms with van der Waals surface area (Å²) < 4.78 is 1.37. The molecule has 0 saturated heterocycles. The molecule has 2 aromatic carbocycles. The highest BCUT2D eigenvalue weighted by Gasteiger charge is 2.27. The number of hydrogen-bond acceptors (Lipinski definition) is 5. The van der Waals surface area contributed by atoms with Gasteiger partial charge in [-0.1, -0.05) is 48.0 Å². The third-order valence-corrected chi connectivity index (χ3v) is 4.23. The fraction of sp³-hybridized carbons (Fsp3) is 0.211. The van der Waals surface area contributed by atoms with Gasteiger partial charge in [0.05, 0.1) is 12.5 Å². The van der Waals surface area contributed by atoms with Crippen LogP contribution in [-0.2, 0) is 0 Å². The van der Waals surface area contributed by atoms with Gasteiger partial charge in [0.25, 0.3) is 5.91 Å². The molecule has 0 spiro atoms. The van der Waals surface area contributed by atoms with Gasteiger partial charge in [-0.15, -0.1) is 5.10 Å². The molecule has 1 unspecified atom stereocenters. The summed E-state index contributed by atoms with van der Waals surface area (Å²) in [6, 6.07) is 17.8. The Labute approximate surface area is 145 Å². The summed E-state index contributed by atoms with van der Waals surface area (Å²) in [6.45, 7) is 2.70. The number of nitrogens with zero attached hydrogens (tertiary/aromatic N) is 3. The van der Waals surface area contributed by atoms with E-state index in [2.05, 4.69) is 39.8 Å². The van der Waals surface area contributed by atoms with E-state index in [0.717, 1.165) is 11.3 Å². The minimum Gasteiger partial charge on any atom is -0.383 e. The van der Waals surface area contributed by atoms with Crippen LogP contribution >= 0.6 is 0 Å². The first kappa shape index (κ1) is 15.4. The first-order valence-corrected chi connectivity index (χ1v) is 8.32. The second-order valence-corrected chi connectivity index (χ2v) is 6.22. The summed E-state index contributed by atoms with van der Waals surface area (Å²) in [7, 11) is 0. The number of rotatable bonds is 4. The zero-order valence-corrected chi connectivity index (χ0v) is 13.9. The molecule has 2 heterocycles. The summed E-state index contributed by atoms with van der Waals surface area (Å²) in [5, 5.41) is 11.0. The van der Waals surface area contributed by atoms with Crippen molar-refractivity contribution in [1.82, 2.24) is 14.8 Å². The van der Waals surface area contributed by atoms with Crippen molar-refractivity contribution >= 4 is 17.5 Å². The molecule has 6 heteroatoms. The minimum atomic E-state index is -0.0425. The predicted molar refractivity (Wildman–Crippen MR) is 97.8 cm³/mol. The number of aromatic nitrogens is 3. The van der Waals surface area contributed by atoms with E-state index in [-0.39, 0.29) is 11.9 Å². The van der Waals surface area contributed by atoms with E-state index >= 15 is 0 Å². The number of nitrogens with one attached hydrogen (secondary N) is 2. The van der Waals surface area contributed by atoms with E-state index in [1.165, 1.54) is 10.2 Å². The van der Waals surface area contributed by atoms with Crippen molar-refractivity contribution in [3.63, 3.8) is 0 Å². The fourth-order valence-corrected chi connectivity index (χ4v) is 2.86. The highest BCUT2D eigenvalue weighted by molar-refractivity contribution is 5.84. The van der Waals surface area contributed by atoms with Crippen LogP contribution in [0.1, 0.15) is 16.8 Å². The molecule has 1 atom stereocenters. The average molecular weight is 333 g/mol. The third-order valence-electron chi connectivity index (χ3n) is 4.23. The maximum atomic E-state index is 12.4. The zero-order valence-electron chi connectivity index (χ0n) is 13.9. The van der Waals surface area contributed by atoms with E-state index in [1.54, 1.807) is 0 Å². The molecule has 0 aliphatic carbocycles. The molecule has 1 aromatic heterocycles. The second kappa shape index (κ2) is 6.39. The Morgan fingerprint density at radius 2 is 1.92 bits per heavy atom. The van der Waals surface area contributed by atoms with Crippen molar-refractivity contribution < 1.29 is 4.79 Å². The number of benzene rings is 2. The van der Waals surface area contributed by atoms with E-state index in [9.17, 15) is 4.79 Å². The molecule has 25 heavy (non-hydrogen) atoms. The van der Waals surface area contributed by atoms with Crippen molar-refractivity contribution in [2.24, 2.45) is 0 Å². The van der Waals surface area contributed by atoms with Crippen LogP contribution in [0.25, 0.3) is 11.4 Å². The summed E-state index contributed by atoms with van der Waals surface area (Å²) in [5.41, 5.74) is 3.16. The number of aryl methyl sites for hydroxylation is 1. The monoisotopic (exact) mass is 333 g/mol. The Hall–Kier alpha value is -3.15. The molecule has 1 aliphatic heterocycles. The van der Waals surface area contributed by atoms with Crippen LogP contribution in [0, 0.1) is 6.92 Å². The van der Waals surface area contributed by atoms with Crippen LogP contribution in [0.3, 0.4) is 0 Å². The van der Waals surface area contributed by atoms with Crippen molar-refractivity contribution in [2.45, 2.75) is 19.4 Å². The van der Waals surface area contributed by atoms with Gasteiger partial charge in [0.2, 0.25) is 5.95 Å². The largest absolute Gasteiger partial charge is 0.383 e. The van der Waals surface area contributed by atoms with E-state index in [4.69, 9.17) is 0 Å². The van der Waals surface area contributed by atoms with Crippen molar-refractivity contribution in [3.8, 4) is 11.4 Å². The minimum absolute atomic E-state index is 0.0193. The summed E-state index contributed by atoms with van der Waals surface area (Å²) in [4.78, 5) is 16.9. The number of carbonyl (C=O) groups excluding carboxylic acids is 1. The maximum Gasteiger partial charge on any atom is 0.252 e. The molecule has 0 amide bonds. The molecular formula is C19H19N5O. The molecule has 0 radical (unpaired) electrons. The first-order chi connectivity index (χ1) is 12.2. The maximum absolute atomic E-state index is 12.4. The van der Waals surface area contributed by atoms with Gasteiger partial charge in [0.1, 0.15) is 0 Å². The highest BCUT2D eigenvalue weighted by atomic mass is 16.2. The second-order valence-electron chi connectivity index (χ2n) is 6.22. The number of carbonyl (C=O) groups is 1. The standard InChI is InChI=1S/C19H19N5O/c1-13-7-9-15(10-8-13)20-12-16-11-17(25)24-19(21-16)22-18(23-24)14-5-3-2-4-6-14/h2-10,16,20H,11-12H2,1H3,(H,21,22,23). The van der Waals surface area contributed by atoms with Crippen molar-refractivity contribution in [3.05, 3.63) is 60.2 Å². The molecule has 4 rings (SSSR count). The lowest BCUT2D eigenvalue weighted by Gasteiger charge is -2.23. The normalized spacial score (nSPS) is 16.2. The van der Waals surface area contributed by atoms with Crippen LogP contribution in [0.15, 0.2) is 54.6 Å². The molecule has 1 aliphatic rings. The highest BCUT2D eigenvalue weighted by Crippen LogP contribution is 2.22. The lowest BCUT2D eigenvalue weighted by atomic mass is 10.1. The lowest BCUT2D eigenvalue weighted by Crippen LogP contribution is -2.38. The molecule has 0 bridgehead atoms. The number of fused-ring (bicyclic) bond motifs is 1. The summed E-state index contributed by atoms with van der Waals surface area (Å²) in [6.07, 6.45) is 0.378. The van der Waals surface area contributed by atoms with E-state index < -0.39 is 0 Å². The Kier molecular flexibility index (Phi) is 3.93. The molecule has 126 valence electrons. The quantitative estimate of drug-likeness (QED) is 0.767. The van der Waals surface area contributed by atoms with Crippen LogP contribution < -0.4 is 10.6 Å². The lowest BCUT2D eigenvalue weighted by molar-refractivity contribution is 0.0874. The predicted octanol–water partition coefficient (Wildman–Crippen LogP) is 3.19. The fourth-order valence-electron chi connectivity index (χ4n) is 2.86. The van der Waals surface area contributed by atoms with Gasteiger partial charge in [-0.2, -0.15) is 9.67 Å². The first-order valence-electron chi connectivity index (χ1n) is 8.32. The van der Waals surface area contributed by atoms with Crippen LogP contribution in [-0.4, -0.2) is 33.3 Å². The molecule has 2 N–H and O–H groups in total. The van der Waals surface area contributed by atoms with E-state index in [0.29, 0.717) is 24.7 Å². The topological polar surface area (TPSA) is 71.8 Å². The van der Waals surface area contributed by atoms with Crippen LogP contribution in [0.4, 0.5) is 11.6 Å². The van der Waals surface area contributed by atoms with Gasteiger partial charge in [-0.3, -0.25) is 4.79 Å². The van der Waals surface area contributed by atoms with Gasteiger partial charge in [0, 0.05) is 17.8 Å². The van der Waals surface area contributed by atoms with Gasteiger partial charge < -0.3 is 10.6 Å². The summed E-state index contributed by atoms with van der Waals surface area (Å²) in [5.74, 6) is 1.02. The summed E-state index contributed by atoms with van der Waals surface area (Å²) >= 11 is 0. The Bertz CT molecular complexity index is 886. The van der Waals surface area contributed by atoms with Gasteiger partial charge in [-0.25, -0.2) is 0 Å². The SMILES string of the molecule is Cc1ccc(NCC2CC(=O)n3nc(-c4ccccc4)nc3N2)cc1. The van der Waals surface area contributed by atoms with Gasteiger partial charge >= 0.3 is 0 Å². The smallest absolute Gasteiger partial charge is 0.252 e. The van der Waals surface area contributed by atoms with E-state index in [1.807, 2.05) is 42.5 Å². The Morgan fingerprint density at radius 1 is 1.16 bits per heavy atom. The average Bonchev–Trinajstić information content (AvgIpc) is 3.07. The molecule has 0 fully saturated rings. The van der Waals surface area contributed by atoms with Gasteiger partial charge in [-0.05, 0) is 19.1 Å². The third kappa shape index (κ3) is 3.24. The van der Waals surface area contributed by atoms with Crippen LogP contribution in [0.5, 0.6) is 0 Å². The van der Waals surface area contributed by atoms with Crippen molar-refractivity contribution in [2.75, 3.05) is 17.2 Å². The Balaban J connectivity index is 1.48.